The maximum absolute atomic E-state index is 12.5. The molecule has 4 aliphatic carbocycles. The van der Waals surface area contributed by atoms with Gasteiger partial charge in [0.2, 0.25) is 5.88 Å². The van der Waals surface area contributed by atoms with Crippen molar-refractivity contribution in [3.05, 3.63) is 16.6 Å². The lowest BCUT2D eigenvalue weighted by molar-refractivity contribution is -0.128. The highest BCUT2D eigenvalue weighted by atomic mass is 16.5. The van der Waals surface area contributed by atoms with E-state index >= 15 is 0 Å². The first-order valence-electron chi connectivity index (χ1n) is 9.70. The second-order valence-electron chi connectivity index (χ2n) is 8.26. The maximum atomic E-state index is 12.5. The molecule has 0 atom stereocenters. The second-order valence-corrected chi connectivity index (χ2v) is 8.26. The van der Waals surface area contributed by atoms with E-state index in [-0.39, 0.29) is 29.8 Å². The zero-order valence-electron chi connectivity index (χ0n) is 15.7. The van der Waals surface area contributed by atoms with Gasteiger partial charge in [-0.3, -0.25) is 9.78 Å². The summed E-state index contributed by atoms with van der Waals surface area (Å²) in [6.07, 6.45) is 7.25. The number of H-pyrrole nitrogens is 1. The van der Waals surface area contributed by atoms with E-state index in [1.165, 1.54) is 25.3 Å². The van der Waals surface area contributed by atoms with Gasteiger partial charge in [0.25, 0.3) is 5.91 Å². The first kappa shape index (κ1) is 18.3. The van der Waals surface area contributed by atoms with Crippen molar-refractivity contribution in [3.8, 4) is 11.8 Å². The lowest BCUT2D eigenvalue weighted by atomic mass is 9.53. The van der Waals surface area contributed by atoms with E-state index in [1.807, 2.05) is 0 Å². The molecule has 0 saturated heterocycles. The fourth-order valence-corrected chi connectivity index (χ4v) is 5.54. The van der Waals surface area contributed by atoms with Gasteiger partial charge in [-0.1, -0.05) is 0 Å². The number of methoxy groups -OCH3 is 1. The molecular formula is C19H27N3O5. The molecule has 4 saturated carbocycles. The topological polar surface area (TPSA) is 103 Å². The molecule has 27 heavy (non-hydrogen) atoms. The summed E-state index contributed by atoms with van der Waals surface area (Å²) in [6.45, 7) is 0.534. The standard InChI is InChI=1S/C19H27N3O5/c1-25-2-3-26-16-7-17(21-18(24)20-16)27-11-15(23)22-19-8-12-4-13(9-19)6-14(5-12)10-19/h7,12-14H,2-6,8-11H2,1H3,(H,22,23)(H,20,21,24). The van der Waals surface area contributed by atoms with Gasteiger partial charge in [-0.15, -0.1) is 0 Å². The van der Waals surface area contributed by atoms with Crippen molar-refractivity contribution in [2.24, 2.45) is 17.8 Å². The number of nitrogens with zero attached hydrogens (tertiary/aromatic N) is 1. The molecule has 4 bridgehead atoms. The van der Waals surface area contributed by atoms with Crippen LogP contribution < -0.4 is 20.5 Å². The van der Waals surface area contributed by atoms with Gasteiger partial charge in [0, 0.05) is 12.6 Å². The largest absolute Gasteiger partial charge is 0.476 e. The van der Waals surface area contributed by atoms with Gasteiger partial charge in [-0.25, -0.2) is 4.79 Å². The molecule has 0 radical (unpaired) electrons. The van der Waals surface area contributed by atoms with Crippen LogP contribution in [0.2, 0.25) is 0 Å². The molecule has 0 aromatic carbocycles. The Balaban J connectivity index is 1.32. The first-order valence-corrected chi connectivity index (χ1v) is 9.70. The summed E-state index contributed by atoms with van der Waals surface area (Å²) in [6, 6.07) is 1.47. The van der Waals surface area contributed by atoms with Gasteiger partial charge >= 0.3 is 5.69 Å². The molecule has 1 amide bonds. The average Bonchev–Trinajstić information content (AvgIpc) is 2.58. The minimum Gasteiger partial charge on any atom is -0.476 e. The SMILES string of the molecule is COCCOc1cc(OCC(=O)NC23CC4CC(CC(C4)C2)C3)nc(=O)[nH]1. The third-order valence-electron chi connectivity index (χ3n) is 6.04. The van der Waals surface area contributed by atoms with Crippen LogP contribution in [0.1, 0.15) is 38.5 Å². The van der Waals surface area contributed by atoms with E-state index in [4.69, 9.17) is 14.2 Å². The molecule has 2 N–H and O–H groups in total. The lowest BCUT2D eigenvalue weighted by Crippen LogP contribution is -2.60. The number of rotatable bonds is 8. The Kier molecular flexibility index (Phi) is 5.08. The van der Waals surface area contributed by atoms with Crippen LogP contribution in [0.15, 0.2) is 10.9 Å². The van der Waals surface area contributed by atoms with Crippen molar-refractivity contribution in [1.29, 1.82) is 0 Å². The highest BCUT2D eigenvalue weighted by Gasteiger charge is 2.51. The normalized spacial score (nSPS) is 30.9. The van der Waals surface area contributed by atoms with Gasteiger partial charge in [0.1, 0.15) is 6.61 Å². The van der Waals surface area contributed by atoms with E-state index in [0.717, 1.165) is 37.0 Å². The Morgan fingerprint density at radius 1 is 1.19 bits per heavy atom. The number of carbonyl (C=O) groups is 1. The van der Waals surface area contributed by atoms with E-state index in [0.29, 0.717) is 13.2 Å². The van der Waals surface area contributed by atoms with Gasteiger partial charge in [-0.05, 0) is 56.3 Å². The van der Waals surface area contributed by atoms with Crippen molar-refractivity contribution < 1.29 is 19.0 Å². The first-order chi connectivity index (χ1) is 13.0. The van der Waals surface area contributed by atoms with Crippen molar-refractivity contribution >= 4 is 5.91 Å². The minimum absolute atomic E-state index is 0.0504. The zero-order chi connectivity index (χ0) is 18.9. The molecule has 1 aromatic rings. The van der Waals surface area contributed by atoms with Crippen LogP contribution in [0.5, 0.6) is 11.8 Å². The average molecular weight is 377 g/mol. The molecule has 0 aliphatic heterocycles. The summed E-state index contributed by atoms with van der Waals surface area (Å²) in [5.74, 6) is 2.45. The van der Waals surface area contributed by atoms with Gasteiger partial charge in [-0.2, -0.15) is 4.98 Å². The summed E-state index contributed by atoms with van der Waals surface area (Å²) in [5, 5.41) is 3.24. The summed E-state index contributed by atoms with van der Waals surface area (Å²) in [4.78, 5) is 30.3. The number of amides is 1. The van der Waals surface area contributed by atoms with E-state index in [1.54, 1.807) is 7.11 Å². The third-order valence-corrected chi connectivity index (χ3v) is 6.04. The molecule has 0 spiro atoms. The predicted molar refractivity (Wildman–Crippen MR) is 96.8 cm³/mol. The Bertz CT molecular complexity index is 712. The smallest absolute Gasteiger partial charge is 0.351 e. The van der Waals surface area contributed by atoms with Crippen molar-refractivity contribution in [3.63, 3.8) is 0 Å². The number of carbonyl (C=O) groups excluding carboxylic acids is 1. The molecule has 8 heteroatoms. The van der Waals surface area contributed by atoms with Gasteiger partial charge < -0.3 is 19.5 Å². The lowest BCUT2D eigenvalue weighted by Gasteiger charge is -2.56. The Hall–Kier alpha value is -2.09. The molecule has 4 aliphatic rings. The molecule has 1 aromatic heterocycles. The molecule has 0 unspecified atom stereocenters. The molecule has 1 heterocycles. The fraction of sp³-hybridized carbons (Fsp3) is 0.737. The number of nitrogens with one attached hydrogen (secondary N) is 2. The van der Waals surface area contributed by atoms with Crippen LogP contribution in [-0.2, 0) is 9.53 Å². The molecule has 4 fully saturated rings. The van der Waals surface area contributed by atoms with Crippen LogP contribution in [-0.4, -0.2) is 48.3 Å². The second kappa shape index (κ2) is 7.50. The van der Waals surface area contributed by atoms with Crippen LogP contribution >= 0.6 is 0 Å². The Morgan fingerprint density at radius 3 is 2.48 bits per heavy atom. The number of aromatic amines is 1. The van der Waals surface area contributed by atoms with E-state index in [9.17, 15) is 9.59 Å². The number of aromatic nitrogens is 2. The summed E-state index contributed by atoms with van der Waals surface area (Å²) >= 11 is 0. The summed E-state index contributed by atoms with van der Waals surface area (Å²) in [5.41, 5.74) is -0.632. The van der Waals surface area contributed by atoms with Gasteiger partial charge in [0.05, 0.1) is 12.7 Å². The highest BCUT2D eigenvalue weighted by Crippen LogP contribution is 2.55. The molecule has 8 nitrogen and oxygen atoms in total. The number of ether oxygens (including phenoxy) is 3. The van der Waals surface area contributed by atoms with Crippen LogP contribution in [0, 0.1) is 17.8 Å². The third kappa shape index (κ3) is 4.26. The molecular weight excluding hydrogens is 350 g/mol. The fourth-order valence-electron chi connectivity index (χ4n) is 5.54. The van der Waals surface area contributed by atoms with E-state index in [2.05, 4.69) is 15.3 Å². The quantitative estimate of drug-likeness (QED) is 0.661. The predicted octanol–water partition coefficient (Wildman–Crippen LogP) is 1.26. The van der Waals surface area contributed by atoms with E-state index < -0.39 is 5.69 Å². The number of hydrogen-bond donors (Lipinski definition) is 2. The number of hydrogen-bond acceptors (Lipinski definition) is 6. The molecule has 148 valence electrons. The summed E-state index contributed by atoms with van der Waals surface area (Å²) < 4.78 is 15.7. The van der Waals surface area contributed by atoms with Crippen molar-refractivity contribution in [2.45, 2.75) is 44.1 Å². The molecule has 5 rings (SSSR count). The summed E-state index contributed by atoms with van der Waals surface area (Å²) in [7, 11) is 1.57. The van der Waals surface area contributed by atoms with Crippen LogP contribution in [0.4, 0.5) is 0 Å². The monoisotopic (exact) mass is 377 g/mol. The Labute approximate surface area is 158 Å². The van der Waals surface area contributed by atoms with Crippen LogP contribution in [0.25, 0.3) is 0 Å². The van der Waals surface area contributed by atoms with Gasteiger partial charge in [0.15, 0.2) is 12.5 Å². The minimum atomic E-state index is -0.582. The zero-order valence-corrected chi connectivity index (χ0v) is 15.7. The van der Waals surface area contributed by atoms with Crippen molar-refractivity contribution in [2.75, 3.05) is 26.9 Å². The van der Waals surface area contributed by atoms with Crippen LogP contribution in [0.3, 0.4) is 0 Å². The Morgan fingerprint density at radius 2 is 1.85 bits per heavy atom. The van der Waals surface area contributed by atoms with Crippen molar-refractivity contribution in [1.82, 2.24) is 15.3 Å². The maximum Gasteiger partial charge on any atom is 0.351 e. The highest BCUT2D eigenvalue weighted by molar-refractivity contribution is 5.78.